The number of anilines is 1. The first-order valence-corrected chi connectivity index (χ1v) is 10.5. The third-order valence-electron chi connectivity index (χ3n) is 3.99. The van der Waals surface area contributed by atoms with Crippen molar-refractivity contribution in [2.45, 2.75) is 13.1 Å². The topological polar surface area (TPSA) is 62.6 Å². The zero-order valence-corrected chi connectivity index (χ0v) is 16.7. The van der Waals surface area contributed by atoms with Gasteiger partial charge in [-0.2, -0.15) is 0 Å². The minimum absolute atomic E-state index is 0.124. The molecule has 0 bridgehead atoms. The van der Waals surface area contributed by atoms with Crippen molar-refractivity contribution in [2.75, 3.05) is 18.4 Å². The van der Waals surface area contributed by atoms with Gasteiger partial charge in [0.1, 0.15) is 18.9 Å². The van der Waals surface area contributed by atoms with E-state index in [0.717, 1.165) is 18.0 Å². The van der Waals surface area contributed by atoms with E-state index in [1.807, 2.05) is 22.9 Å². The summed E-state index contributed by atoms with van der Waals surface area (Å²) < 4.78 is 12.9. The average molecular weight is 419 g/mol. The van der Waals surface area contributed by atoms with Gasteiger partial charge in [-0.25, -0.2) is 4.39 Å². The minimum Gasteiger partial charge on any atom is -0.342 e. The highest BCUT2D eigenvalue weighted by Gasteiger charge is 2.17. The maximum absolute atomic E-state index is 12.9. The number of carbonyl (C=O) groups excluding carboxylic acids is 2. The van der Waals surface area contributed by atoms with Crippen molar-refractivity contribution in [2.24, 2.45) is 0 Å². The third kappa shape index (κ3) is 6.56. The smallest absolute Gasteiger partial charge is 0.275 e. The Morgan fingerprint density at radius 3 is 2.04 bits per heavy atom. The Morgan fingerprint density at radius 1 is 0.893 bits per heavy atom. The van der Waals surface area contributed by atoms with Gasteiger partial charge in [0.05, 0.1) is 16.3 Å². The van der Waals surface area contributed by atoms with Crippen LogP contribution in [0.15, 0.2) is 59.3 Å². The van der Waals surface area contributed by atoms with E-state index in [1.165, 1.54) is 34.0 Å². The number of halogens is 1. The van der Waals surface area contributed by atoms with Crippen LogP contribution < -0.4 is 15.5 Å². The van der Waals surface area contributed by atoms with Crippen molar-refractivity contribution in [1.82, 2.24) is 5.32 Å². The Bertz CT molecular complexity index is 845. The molecule has 146 valence electrons. The summed E-state index contributed by atoms with van der Waals surface area (Å²) in [7, 11) is 0. The molecule has 2 amide bonds. The first-order valence-electron chi connectivity index (χ1n) is 8.79. The van der Waals surface area contributed by atoms with Gasteiger partial charge in [-0.05, 0) is 47.2 Å². The van der Waals surface area contributed by atoms with Gasteiger partial charge in [-0.1, -0.05) is 12.1 Å². The van der Waals surface area contributed by atoms with E-state index >= 15 is 0 Å². The second-order valence-electron chi connectivity index (χ2n) is 6.27. The Morgan fingerprint density at radius 2 is 1.50 bits per heavy atom. The predicted octanol–water partition coefficient (Wildman–Crippen LogP) is 2.29. The van der Waals surface area contributed by atoms with Gasteiger partial charge >= 0.3 is 0 Å². The van der Waals surface area contributed by atoms with Crippen LogP contribution in [0.3, 0.4) is 0 Å². The molecule has 3 rings (SSSR count). The summed E-state index contributed by atoms with van der Waals surface area (Å²) in [5, 5.41) is 9.34. The molecule has 0 fully saturated rings. The summed E-state index contributed by atoms with van der Waals surface area (Å²) in [6.45, 7) is 1.66. The van der Waals surface area contributed by atoms with Crippen LogP contribution in [0.5, 0.6) is 0 Å². The third-order valence-corrected chi connectivity index (χ3v) is 5.75. The van der Waals surface area contributed by atoms with E-state index in [1.54, 1.807) is 22.7 Å². The lowest BCUT2D eigenvalue weighted by molar-refractivity contribution is -0.919. The van der Waals surface area contributed by atoms with Crippen LogP contribution in [0.4, 0.5) is 10.1 Å². The molecule has 0 aliphatic heterocycles. The summed E-state index contributed by atoms with van der Waals surface area (Å²) in [5.74, 6) is -0.902. The van der Waals surface area contributed by atoms with E-state index in [9.17, 15) is 14.0 Å². The van der Waals surface area contributed by atoms with Crippen LogP contribution in [0.2, 0.25) is 0 Å². The predicted molar refractivity (Wildman–Crippen MR) is 110 cm³/mol. The van der Waals surface area contributed by atoms with Crippen LogP contribution in [-0.4, -0.2) is 24.9 Å². The fraction of sp³-hybridized carbons (Fsp3) is 0.200. The number of rotatable bonds is 9. The number of benzene rings is 1. The number of hydrogen-bond donors (Lipinski definition) is 3. The number of thiophene rings is 2. The number of hydrogen-bond acceptors (Lipinski definition) is 4. The van der Waals surface area contributed by atoms with Gasteiger partial charge in [0.25, 0.3) is 5.91 Å². The Kier molecular flexibility index (Phi) is 7.30. The molecule has 0 aliphatic rings. The van der Waals surface area contributed by atoms with Crippen LogP contribution in [0.1, 0.15) is 9.75 Å². The molecular weight excluding hydrogens is 397 g/mol. The summed E-state index contributed by atoms with van der Waals surface area (Å²) in [6.07, 6.45) is 0. The standard InChI is InChI=1S/C20H20FN3O2S2/c21-15-5-7-16(8-6-15)23-19(25)11-22-20(26)14-24(12-17-3-1-9-27-17)13-18-4-2-10-28-18/h1-10H,11-14H2,(H,22,26)(H,23,25)/p+1. The molecule has 5 nitrogen and oxygen atoms in total. The highest BCUT2D eigenvalue weighted by molar-refractivity contribution is 7.10. The first kappa shape index (κ1) is 20.2. The number of quaternary nitrogens is 1. The van der Waals surface area contributed by atoms with Gasteiger partial charge in [-0.3, -0.25) is 9.59 Å². The molecule has 8 heteroatoms. The molecule has 0 aliphatic carbocycles. The first-order chi connectivity index (χ1) is 13.6. The lowest BCUT2D eigenvalue weighted by Gasteiger charge is -2.18. The van der Waals surface area contributed by atoms with Gasteiger partial charge in [-0.15, -0.1) is 22.7 Å². The molecule has 1 aromatic carbocycles. The highest BCUT2D eigenvalue weighted by Crippen LogP contribution is 2.09. The number of nitrogens with one attached hydrogen (secondary N) is 3. The molecule has 2 aromatic heterocycles. The van der Waals surface area contributed by atoms with Crippen molar-refractivity contribution in [3.05, 3.63) is 74.9 Å². The monoisotopic (exact) mass is 418 g/mol. The zero-order chi connectivity index (χ0) is 19.8. The van der Waals surface area contributed by atoms with Gasteiger partial charge in [0.2, 0.25) is 5.91 Å². The van der Waals surface area contributed by atoms with E-state index in [4.69, 9.17) is 0 Å². The SMILES string of the molecule is O=C(C[NH+](Cc1cccs1)Cc1cccs1)NCC(=O)Nc1ccc(F)cc1. The lowest BCUT2D eigenvalue weighted by atomic mass is 10.3. The molecule has 3 aromatic rings. The molecule has 0 atom stereocenters. The maximum atomic E-state index is 12.9. The van der Waals surface area contributed by atoms with Crippen molar-refractivity contribution in [3.8, 4) is 0 Å². The van der Waals surface area contributed by atoms with Crippen LogP contribution in [0.25, 0.3) is 0 Å². The number of amides is 2. The van der Waals surface area contributed by atoms with Gasteiger partial charge < -0.3 is 15.5 Å². The minimum atomic E-state index is -0.370. The lowest BCUT2D eigenvalue weighted by Crippen LogP contribution is -3.10. The van der Waals surface area contributed by atoms with Crippen molar-refractivity contribution in [1.29, 1.82) is 0 Å². The second-order valence-corrected chi connectivity index (χ2v) is 8.34. The summed E-state index contributed by atoms with van der Waals surface area (Å²) in [6, 6.07) is 13.6. The largest absolute Gasteiger partial charge is 0.342 e. The van der Waals surface area contributed by atoms with Gasteiger partial charge in [0, 0.05) is 5.69 Å². The molecule has 0 saturated heterocycles. The molecule has 0 spiro atoms. The van der Waals surface area contributed by atoms with Crippen LogP contribution in [0, 0.1) is 5.82 Å². The Balaban J connectivity index is 1.49. The average Bonchev–Trinajstić information content (AvgIpc) is 3.36. The van der Waals surface area contributed by atoms with E-state index in [0.29, 0.717) is 5.69 Å². The molecule has 2 heterocycles. The van der Waals surface area contributed by atoms with Crippen LogP contribution in [-0.2, 0) is 22.7 Å². The fourth-order valence-electron chi connectivity index (χ4n) is 2.71. The van der Waals surface area contributed by atoms with Crippen molar-refractivity contribution in [3.63, 3.8) is 0 Å². The molecule has 0 radical (unpaired) electrons. The van der Waals surface area contributed by atoms with Crippen LogP contribution >= 0.6 is 22.7 Å². The molecule has 0 unspecified atom stereocenters. The van der Waals surface area contributed by atoms with Crippen molar-refractivity contribution >= 4 is 40.2 Å². The molecular formula is C20H21FN3O2S2+. The Hall–Kier alpha value is -2.55. The Labute approximate surface area is 170 Å². The normalized spacial score (nSPS) is 10.8. The van der Waals surface area contributed by atoms with E-state index < -0.39 is 0 Å². The summed E-state index contributed by atoms with van der Waals surface area (Å²) >= 11 is 3.34. The van der Waals surface area contributed by atoms with Gasteiger partial charge in [0.15, 0.2) is 6.54 Å². The fourth-order valence-corrected chi connectivity index (χ4v) is 4.27. The highest BCUT2D eigenvalue weighted by atomic mass is 32.1. The van der Waals surface area contributed by atoms with Crippen molar-refractivity contribution < 1.29 is 18.9 Å². The van der Waals surface area contributed by atoms with E-state index in [-0.39, 0.29) is 30.7 Å². The number of carbonyl (C=O) groups is 2. The summed E-state index contributed by atoms with van der Waals surface area (Å²) in [4.78, 5) is 27.9. The molecule has 28 heavy (non-hydrogen) atoms. The quantitative estimate of drug-likeness (QED) is 0.499. The molecule has 3 N–H and O–H groups in total. The molecule has 0 saturated carbocycles. The second kappa shape index (κ2) is 10.1. The van der Waals surface area contributed by atoms with E-state index in [2.05, 4.69) is 22.8 Å². The zero-order valence-electron chi connectivity index (χ0n) is 15.1. The maximum Gasteiger partial charge on any atom is 0.275 e. The summed E-state index contributed by atoms with van der Waals surface area (Å²) in [5.41, 5.74) is 0.489.